The van der Waals surface area contributed by atoms with Crippen molar-refractivity contribution in [1.82, 2.24) is 24.6 Å². The molecule has 9 heteroatoms. The van der Waals surface area contributed by atoms with Gasteiger partial charge in [-0.15, -0.1) is 0 Å². The number of benzene rings is 1. The van der Waals surface area contributed by atoms with Crippen molar-refractivity contribution in [3.05, 3.63) is 52.1 Å². The lowest BCUT2D eigenvalue weighted by molar-refractivity contribution is 0.384. The van der Waals surface area contributed by atoms with E-state index in [1.807, 2.05) is 37.3 Å². The van der Waals surface area contributed by atoms with Gasteiger partial charge in [0, 0.05) is 17.5 Å². The van der Waals surface area contributed by atoms with Crippen LogP contribution < -0.4 is 15.2 Å². The van der Waals surface area contributed by atoms with Crippen LogP contribution in [-0.2, 0) is 0 Å². The Morgan fingerprint density at radius 2 is 1.89 bits per heavy atom. The highest BCUT2D eigenvalue weighted by molar-refractivity contribution is 14.1. The molecule has 3 heterocycles. The lowest BCUT2D eigenvalue weighted by Gasteiger charge is -2.06. The van der Waals surface area contributed by atoms with Crippen molar-refractivity contribution >= 4 is 33.9 Å². The van der Waals surface area contributed by atoms with Crippen LogP contribution in [0.5, 0.6) is 17.6 Å². The third-order valence-corrected chi connectivity index (χ3v) is 4.97. The summed E-state index contributed by atoms with van der Waals surface area (Å²) in [5.74, 6) is 1.64. The van der Waals surface area contributed by atoms with Gasteiger partial charge < -0.3 is 15.2 Å². The molecule has 0 spiro atoms. The van der Waals surface area contributed by atoms with Crippen LogP contribution in [0.3, 0.4) is 0 Å². The zero-order valence-electron chi connectivity index (χ0n) is 14.5. The van der Waals surface area contributed by atoms with Crippen LogP contribution in [0, 0.1) is 10.5 Å². The summed E-state index contributed by atoms with van der Waals surface area (Å²) < 4.78 is 13.8. The minimum atomic E-state index is 0.311. The Kier molecular flexibility index (Phi) is 4.52. The zero-order valence-corrected chi connectivity index (χ0v) is 16.7. The summed E-state index contributed by atoms with van der Waals surface area (Å²) >= 11 is 2.22. The van der Waals surface area contributed by atoms with Gasteiger partial charge in [-0.1, -0.05) is 12.1 Å². The molecule has 0 fully saturated rings. The number of hydrogen-bond donors (Lipinski definition) is 1. The van der Waals surface area contributed by atoms with E-state index in [-0.39, 0.29) is 0 Å². The summed E-state index contributed by atoms with van der Waals surface area (Å²) in [6.45, 7) is 1.89. The van der Waals surface area contributed by atoms with Gasteiger partial charge in [0.2, 0.25) is 5.88 Å². The number of fused-ring (bicyclic) bond motifs is 1. The molecule has 0 aliphatic rings. The number of anilines is 1. The van der Waals surface area contributed by atoms with Gasteiger partial charge in [0.1, 0.15) is 17.6 Å². The number of methoxy groups -OCH3 is 1. The van der Waals surface area contributed by atoms with Crippen molar-refractivity contribution in [3.63, 3.8) is 0 Å². The first-order chi connectivity index (χ1) is 13.1. The monoisotopic (exact) mass is 474 g/mol. The molecule has 0 atom stereocenters. The van der Waals surface area contributed by atoms with Crippen molar-refractivity contribution in [2.45, 2.75) is 6.92 Å². The maximum absolute atomic E-state index is 6.11. The average Bonchev–Trinajstić information content (AvgIpc) is 2.95. The second-order valence-corrected chi connectivity index (χ2v) is 6.79. The van der Waals surface area contributed by atoms with Gasteiger partial charge in [-0.25, -0.2) is 15.0 Å². The van der Waals surface area contributed by atoms with E-state index >= 15 is 0 Å². The first-order valence-corrected chi connectivity index (χ1v) is 9.09. The Morgan fingerprint density at radius 3 is 2.59 bits per heavy atom. The van der Waals surface area contributed by atoms with Gasteiger partial charge in [0.25, 0.3) is 0 Å². The largest absolute Gasteiger partial charge is 0.480 e. The van der Waals surface area contributed by atoms with Crippen LogP contribution in [0.4, 0.5) is 5.82 Å². The predicted octanol–water partition coefficient (Wildman–Crippen LogP) is 3.48. The number of nitrogens with zero attached hydrogens (tertiary/aromatic N) is 5. The summed E-state index contributed by atoms with van der Waals surface area (Å²) in [6, 6.07) is 9.71. The van der Waals surface area contributed by atoms with E-state index in [9.17, 15) is 0 Å². The highest BCUT2D eigenvalue weighted by Crippen LogP contribution is 2.40. The van der Waals surface area contributed by atoms with E-state index in [1.54, 1.807) is 17.8 Å². The molecule has 3 aromatic heterocycles. The smallest absolute Gasteiger partial charge is 0.322 e. The molecule has 0 saturated heterocycles. The molecule has 0 aliphatic carbocycles. The minimum Gasteiger partial charge on any atom is -0.480 e. The fourth-order valence-electron chi connectivity index (χ4n) is 2.77. The van der Waals surface area contributed by atoms with Gasteiger partial charge in [0.15, 0.2) is 5.82 Å². The number of nitrogen functional groups attached to an aromatic ring is 1. The third kappa shape index (κ3) is 3.14. The van der Waals surface area contributed by atoms with E-state index in [0.29, 0.717) is 29.0 Å². The molecule has 0 bridgehead atoms. The molecule has 4 rings (SSSR count). The Balaban J connectivity index is 1.75. The Labute approximate surface area is 168 Å². The lowest BCUT2D eigenvalue weighted by atomic mass is 10.1. The molecular weight excluding hydrogens is 459 g/mol. The fraction of sp³-hybridized carbons (Fsp3) is 0.111. The molecule has 0 radical (unpaired) electrons. The quantitative estimate of drug-likeness (QED) is 0.452. The number of nitrogens with two attached hydrogens (primary N) is 1. The Bertz CT molecular complexity index is 1130. The van der Waals surface area contributed by atoms with Crippen molar-refractivity contribution in [3.8, 4) is 28.8 Å². The van der Waals surface area contributed by atoms with E-state index in [2.05, 4.69) is 42.6 Å². The highest BCUT2D eigenvalue weighted by atomic mass is 127. The first-order valence-electron chi connectivity index (χ1n) is 8.01. The fourth-order valence-corrected chi connectivity index (χ4v) is 3.78. The average molecular weight is 474 g/mol. The maximum atomic E-state index is 6.11. The topological polar surface area (TPSA) is 100 Å². The molecule has 4 aromatic rings. The molecular formula is C18H15IN6O2. The zero-order chi connectivity index (χ0) is 19.0. The highest BCUT2D eigenvalue weighted by Gasteiger charge is 2.21. The lowest BCUT2D eigenvalue weighted by Crippen LogP contribution is -2.00. The SMILES string of the molecule is COc1c(I)c(-c2ccc(Oc3nccc(C)n3)cc2)c2c(N)ncnn12. The van der Waals surface area contributed by atoms with Crippen LogP contribution in [0.15, 0.2) is 42.9 Å². The number of rotatable bonds is 4. The van der Waals surface area contributed by atoms with Gasteiger partial charge in [-0.3, -0.25) is 0 Å². The van der Waals surface area contributed by atoms with Crippen LogP contribution in [0.1, 0.15) is 5.69 Å². The van der Waals surface area contributed by atoms with Crippen molar-refractivity contribution in [2.24, 2.45) is 0 Å². The molecule has 8 nitrogen and oxygen atoms in total. The number of halogens is 1. The first kappa shape index (κ1) is 17.5. The third-order valence-electron chi connectivity index (χ3n) is 3.97. The Hall–Kier alpha value is -2.95. The van der Waals surface area contributed by atoms with Crippen LogP contribution in [0.25, 0.3) is 16.6 Å². The molecule has 0 amide bonds. The predicted molar refractivity (Wildman–Crippen MR) is 109 cm³/mol. The van der Waals surface area contributed by atoms with Gasteiger partial charge >= 0.3 is 6.01 Å². The minimum absolute atomic E-state index is 0.311. The van der Waals surface area contributed by atoms with Crippen molar-refractivity contribution in [1.29, 1.82) is 0 Å². The molecule has 0 saturated carbocycles. The van der Waals surface area contributed by atoms with E-state index in [4.69, 9.17) is 15.2 Å². The summed E-state index contributed by atoms with van der Waals surface area (Å²) in [7, 11) is 1.60. The number of aryl methyl sites for hydroxylation is 1. The number of hydrogen-bond acceptors (Lipinski definition) is 7. The summed E-state index contributed by atoms with van der Waals surface area (Å²) in [6.07, 6.45) is 3.07. The molecule has 0 unspecified atom stereocenters. The standard InChI is InChI=1S/C18H15IN6O2/c1-10-7-8-21-18(24-10)27-12-5-3-11(4-6-12)13-14(19)17(26-2)25-15(13)16(20)22-9-23-25/h3-9H,1-2H3,(H2,20,22,23). The van der Waals surface area contributed by atoms with Crippen molar-refractivity contribution < 1.29 is 9.47 Å². The van der Waals surface area contributed by atoms with Crippen LogP contribution >= 0.6 is 22.6 Å². The number of ether oxygens (including phenoxy) is 2. The second kappa shape index (κ2) is 6.99. The van der Waals surface area contributed by atoms with Crippen LogP contribution in [0.2, 0.25) is 0 Å². The molecule has 136 valence electrons. The van der Waals surface area contributed by atoms with Gasteiger partial charge in [0.05, 0.1) is 10.7 Å². The second-order valence-electron chi connectivity index (χ2n) is 5.71. The van der Waals surface area contributed by atoms with Gasteiger partial charge in [-0.05, 0) is 53.3 Å². The van der Waals surface area contributed by atoms with Gasteiger partial charge in [-0.2, -0.15) is 9.61 Å². The summed E-state index contributed by atoms with van der Waals surface area (Å²) in [5.41, 5.74) is 9.50. The van der Waals surface area contributed by atoms with E-state index in [1.165, 1.54) is 6.33 Å². The number of aromatic nitrogens is 5. The summed E-state index contributed by atoms with van der Waals surface area (Å²) in [5, 5.41) is 4.26. The summed E-state index contributed by atoms with van der Waals surface area (Å²) in [4.78, 5) is 12.5. The normalized spacial score (nSPS) is 10.9. The van der Waals surface area contributed by atoms with Crippen molar-refractivity contribution in [2.75, 3.05) is 12.8 Å². The van der Waals surface area contributed by atoms with Crippen LogP contribution in [-0.4, -0.2) is 31.7 Å². The molecule has 27 heavy (non-hydrogen) atoms. The molecule has 0 aliphatic heterocycles. The maximum Gasteiger partial charge on any atom is 0.322 e. The Morgan fingerprint density at radius 1 is 1.11 bits per heavy atom. The van der Waals surface area contributed by atoms with E-state index < -0.39 is 0 Å². The molecule has 1 aromatic carbocycles. The van der Waals surface area contributed by atoms with E-state index in [0.717, 1.165) is 20.4 Å². The molecule has 2 N–H and O–H groups in total.